The highest BCUT2D eigenvalue weighted by Gasteiger charge is 2.04. The Kier molecular flexibility index (Phi) is 5.13. The summed E-state index contributed by atoms with van der Waals surface area (Å²) in [5, 5.41) is 0. The van der Waals surface area contributed by atoms with E-state index >= 15 is 0 Å². The minimum absolute atomic E-state index is 0.138. The Morgan fingerprint density at radius 2 is 1.65 bits per heavy atom. The van der Waals surface area contributed by atoms with Crippen molar-refractivity contribution in [2.75, 3.05) is 0 Å². The third-order valence-corrected chi connectivity index (χ3v) is 3.73. The Labute approximate surface area is 123 Å². The third kappa shape index (κ3) is 4.35. The number of benzene rings is 2. The van der Waals surface area contributed by atoms with Crippen LogP contribution < -0.4 is 0 Å². The lowest BCUT2D eigenvalue weighted by Crippen LogP contribution is -1.99. The molecule has 2 aromatic rings. The highest BCUT2D eigenvalue weighted by molar-refractivity contribution is 7.99. The molecule has 0 spiro atoms. The second-order valence-corrected chi connectivity index (χ2v) is 5.72. The number of aliphatic imine (C=N–C) groups is 1. The summed E-state index contributed by atoms with van der Waals surface area (Å²) in [7, 11) is 0. The smallest absolute Gasteiger partial charge is 0.135 e. The highest BCUT2D eigenvalue weighted by Crippen LogP contribution is 2.34. The summed E-state index contributed by atoms with van der Waals surface area (Å²) < 4.78 is 0. The molecule has 0 heterocycles. The normalized spacial score (nSPS) is 11.4. The summed E-state index contributed by atoms with van der Waals surface area (Å²) in [5.41, 5.74) is 1.76. The van der Waals surface area contributed by atoms with E-state index in [0.29, 0.717) is 6.42 Å². The van der Waals surface area contributed by atoms with Gasteiger partial charge < -0.3 is 0 Å². The van der Waals surface area contributed by atoms with Gasteiger partial charge in [-0.2, -0.15) is 0 Å². The van der Waals surface area contributed by atoms with E-state index in [1.165, 1.54) is 4.90 Å². The molecule has 0 radical (unpaired) electrons. The fraction of sp³-hybridized carbons (Fsp3) is 0.176. The van der Waals surface area contributed by atoms with Crippen molar-refractivity contribution in [2.45, 2.75) is 30.1 Å². The quantitative estimate of drug-likeness (QED) is 0.730. The van der Waals surface area contributed by atoms with Gasteiger partial charge in [-0.25, -0.2) is 0 Å². The van der Waals surface area contributed by atoms with Gasteiger partial charge in [0.2, 0.25) is 0 Å². The van der Waals surface area contributed by atoms with Gasteiger partial charge in [-0.15, -0.1) is 0 Å². The van der Waals surface area contributed by atoms with Gasteiger partial charge in [-0.3, -0.25) is 9.79 Å². The number of rotatable bonds is 5. The molecule has 0 atom stereocenters. The van der Waals surface area contributed by atoms with Crippen molar-refractivity contribution in [3.8, 4) is 0 Å². The summed E-state index contributed by atoms with van der Waals surface area (Å²) in [6, 6.07) is 18.2. The Hall–Kier alpha value is -1.87. The fourth-order valence-electron chi connectivity index (χ4n) is 1.86. The van der Waals surface area contributed by atoms with Crippen molar-refractivity contribution in [1.82, 2.24) is 0 Å². The number of carbonyl (C=O) groups is 1. The Bertz CT molecular complexity index is 620. The molecule has 0 aromatic heterocycles. The van der Waals surface area contributed by atoms with Gasteiger partial charge in [0, 0.05) is 21.9 Å². The molecule has 2 rings (SSSR count). The Balaban J connectivity index is 2.24. The molecule has 0 aliphatic heterocycles. The SMILES string of the molecule is CC(=O)CC(C)=Nc1ccccc1Sc1ccccc1. The third-order valence-electron chi connectivity index (χ3n) is 2.65. The van der Waals surface area contributed by atoms with Gasteiger partial charge >= 0.3 is 0 Å². The Morgan fingerprint density at radius 1 is 1.00 bits per heavy atom. The number of para-hydroxylation sites is 1. The molecular formula is C17H17NOS. The average molecular weight is 283 g/mol. The molecule has 2 aromatic carbocycles. The van der Waals surface area contributed by atoms with Crippen LogP contribution in [0.4, 0.5) is 5.69 Å². The predicted octanol–water partition coefficient (Wildman–Crippen LogP) is 4.91. The maximum absolute atomic E-state index is 11.1. The first kappa shape index (κ1) is 14.5. The maximum atomic E-state index is 11.1. The van der Waals surface area contributed by atoms with E-state index in [4.69, 9.17) is 0 Å². The summed E-state index contributed by atoms with van der Waals surface area (Å²) in [6.07, 6.45) is 0.407. The zero-order chi connectivity index (χ0) is 14.4. The molecule has 20 heavy (non-hydrogen) atoms. The molecule has 0 unspecified atom stereocenters. The fourth-order valence-corrected chi connectivity index (χ4v) is 2.77. The molecule has 0 N–H and O–H groups in total. The number of Topliss-reactive ketones (excluding diaryl/α,β-unsaturated/α-hetero) is 1. The van der Waals surface area contributed by atoms with E-state index in [9.17, 15) is 4.79 Å². The lowest BCUT2D eigenvalue weighted by Gasteiger charge is -2.06. The summed E-state index contributed by atoms with van der Waals surface area (Å²) in [5.74, 6) is 0.138. The van der Waals surface area contributed by atoms with E-state index in [1.807, 2.05) is 43.3 Å². The van der Waals surface area contributed by atoms with Crippen LogP contribution in [0.5, 0.6) is 0 Å². The van der Waals surface area contributed by atoms with Crippen molar-refractivity contribution in [1.29, 1.82) is 0 Å². The van der Waals surface area contributed by atoms with E-state index in [-0.39, 0.29) is 5.78 Å². The van der Waals surface area contributed by atoms with E-state index in [0.717, 1.165) is 16.3 Å². The maximum Gasteiger partial charge on any atom is 0.135 e. The summed E-state index contributed by atoms with van der Waals surface area (Å²) in [6.45, 7) is 3.48. The average Bonchev–Trinajstić information content (AvgIpc) is 2.41. The summed E-state index contributed by atoms with van der Waals surface area (Å²) in [4.78, 5) is 18.0. The van der Waals surface area contributed by atoms with Gasteiger partial charge in [0.1, 0.15) is 5.78 Å². The van der Waals surface area contributed by atoms with Crippen LogP contribution in [0.25, 0.3) is 0 Å². The van der Waals surface area contributed by atoms with Crippen molar-refractivity contribution in [3.05, 3.63) is 54.6 Å². The number of ketones is 1. The van der Waals surface area contributed by atoms with Crippen molar-refractivity contribution >= 4 is 28.9 Å². The van der Waals surface area contributed by atoms with Crippen LogP contribution in [0, 0.1) is 0 Å². The highest BCUT2D eigenvalue weighted by atomic mass is 32.2. The van der Waals surface area contributed by atoms with Crippen LogP contribution >= 0.6 is 11.8 Å². The molecule has 3 heteroatoms. The number of hydrogen-bond acceptors (Lipinski definition) is 3. The van der Waals surface area contributed by atoms with Crippen LogP contribution in [0.2, 0.25) is 0 Å². The van der Waals surface area contributed by atoms with Crippen molar-refractivity contribution < 1.29 is 4.79 Å². The largest absolute Gasteiger partial charge is 0.300 e. The van der Waals surface area contributed by atoms with Gasteiger partial charge in [0.15, 0.2) is 0 Å². The van der Waals surface area contributed by atoms with Gasteiger partial charge in [0.05, 0.1) is 5.69 Å². The lowest BCUT2D eigenvalue weighted by atomic mass is 10.2. The van der Waals surface area contributed by atoms with E-state index in [2.05, 4.69) is 23.2 Å². The molecule has 0 aliphatic rings. The predicted molar refractivity (Wildman–Crippen MR) is 85.1 cm³/mol. The van der Waals surface area contributed by atoms with Crippen LogP contribution in [-0.2, 0) is 4.79 Å². The molecule has 0 bridgehead atoms. The molecule has 0 aliphatic carbocycles. The second-order valence-electron chi connectivity index (χ2n) is 4.61. The number of nitrogens with zero attached hydrogens (tertiary/aromatic N) is 1. The van der Waals surface area contributed by atoms with E-state index in [1.54, 1.807) is 18.7 Å². The molecular weight excluding hydrogens is 266 g/mol. The van der Waals surface area contributed by atoms with Crippen LogP contribution in [-0.4, -0.2) is 11.5 Å². The van der Waals surface area contributed by atoms with Crippen LogP contribution in [0.1, 0.15) is 20.3 Å². The molecule has 2 nitrogen and oxygen atoms in total. The lowest BCUT2D eigenvalue weighted by molar-refractivity contribution is -0.115. The zero-order valence-electron chi connectivity index (χ0n) is 11.7. The van der Waals surface area contributed by atoms with Gasteiger partial charge in [-0.05, 0) is 38.1 Å². The second kappa shape index (κ2) is 7.06. The first-order chi connectivity index (χ1) is 9.65. The minimum Gasteiger partial charge on any atom is -0.300 e. The molecule has 0 amide bonds. The standard InChI is InChI=1S/C17H17NOS/c1-13(12-14(2)19)18-16-10-6-7-11-17(16)20-15-8-4-3-5-9-15/h3-11H,12H2,1-2H3. The number of carbonyl (C=O) groups excluding carboxylic acids is 1. The minimum atomic E-state index is 0.138. The molecule has 0 saturated heterocycles. The topological polar surface area (TPSA) is 29.4 Å². The monoisotopic (exact) mass is 283 g/mol. The Morgan fingerprint density at radius 3 is 2.35 bits per heavy atom. The summed E-state index contributed by atoms with van der Waals surface area (Å²) >= 11 is 1.68. The number of hydrogen-bond donors (Lipinski definition) is 0. The van der Waals surface area contributed by atoms with Crippen molar-refractivity contribution in [3.63, 3.8) is 0 Å². The molecule has 102 valence electrons. The van der Waals surface area contributed by atoms with E-state index < -0.39 is 0 Å². The van der Waals surface area contributed by atoms with Gasteiger partial charge in [0.25, 0.3) is 0 Å². The van der Waals surface area contributed by atoms with Crippen molar-refractivity contribution in [2.24, 2.45) is 4.99 Å². The molecule has 0 saturated carbocycles. The van der Waals surface area contributed by atoms with Crippen LogP contribution in [0.15, 0.2) is 69.4 Å². The first-order valence-electron chi connectivity index (χ1n) is 6.50. The van der Waals surface area contributed by atoms with Crippen LogP contribution in [0.3, 0.4) is 0 Å². The van der Waals surface area contributed by atoms with Gasteiger partial charge in [-0.1, -0.05) is 42.1 Å². The first-order valence-corrected chi connectivity index (χ1v) is 7.32. The molecule has 0 fully saturated rings. The zero-order valence-corrected chi connectivity index (χ0v) is 12.5.